The molecule has 0 saturated heterocycles. The lowest BCUT2D eigenvalue weighted by atomic mass is 10.1. The van der Waals surface area contributed by atoms with Gasteiger partial charge in [-0.15, -0.1) is 5.11 Å². The number of imidazole rings is 1. The van der Waals surface area contributed by atoms with Crippen LogP contribution in [0, 0.1) is 24.2 Å². The summed E-state index contributed by atoms with van der Waals surface area (Å²) in [6.07, 6.45) is 0. The van der Waals surface area contributed by atoms with E-state index in [0.717, 1.165) is 4.57 Å². The number of rotatable bonds is 4. The Hall–Kier alpha value is -3.67. The van der Waals surface area contributed by atoms with Crippen LogP contribution in [0.3, 0.4) is 0 Å². The van der Waals surface area contributed by atoms with Gasteiger partial charge in [0.2, 0.25) is 5.88 Å². The highest BCUT2D eigenvalue weighted by atomic mass is 16.3. The van der Waals surface area contributed by atoms with Crippen molar-refractivity contribution < 1.29 is 5.11 Å². The standard InChI is InChI=1S/C18H18N6O3/c1-9(2)8-24-16(25)12(7-19)10(3)15(17(24)26)23-22-11-4-5-13-14(6-11)21-18(27)20-13/h4-6,9,25H,8H2,1-3H3,(H2,20,21,27). The summed E-state index contributed by atoms with van der Waals surface area (Å²) in [5, 5.41) is 27.7. The van der Waals surface area contributed by atoms with Gasteiger partial charge >= 0.3 is 5.69 Å². The predicted octanol–water partition coefficient (Wildman–Crippen LogP) is 2.98. The highest BCUT2D eigenvalue weighted by molar-refractivity contribution is 5.77. The highest BCUT2D eigenvalue weighted by Crippen LogP contribution is 2.27. The molecule has 0 saturated carbocycles. The van der Waals surface area contributed by atoms with Gasteiger partial charge in [0.05, 0.1) is 16.7 Å². The van der Waals surface area contributed by atoms with E-state index in [1.165, 1.54) is 0 Å². The molecule has 3 aromatic rings. The zero-order chi connectivity index (χ0) is 19.7. The number of fused-ring (bicyclic) bond motifs is 1. The van der Waals surface area contributed by atoms with Crippen LogP contribution in [0.5, 0.6) is 5.88 Å². The zero-order valence-corrected chi connectivity index (χ0v) is 15.1. The number of benzene rings is 1. The quantitative estimate of drug-likeness (QED) is 0.611. The van der Waals surface area contributed by atoms with Crippen molar-refractivity contribution in [1.29, 1.82) is 5.26 Å². The summed E-state index contributed by atoms with van der Waals surface area (Å²) in [5.74, 6) is -0.278. The Morgan fingerprint density at radius 3 is 2.59 bits per heavy atom. The van der Waals surface area contributed by atoms with E-state index in [4.69, 9.17) is 0 Å². The van der Waals surface area contributed by atoms with Gasteiger partial charge in [-0.05, 0) is 31.0 Å². The first-order valence-corrected chi connectivity index (χ1v) is 8.32. The summed E-state index contributed by atoms with van der Waals surface area (Å²) >= 11 is 0. The third-order valence-corrected chi connectivity index (χ3v) is 4.08. The third kappa shape index (κ3) is 3.37. The Labute approximate surface area is 153 Å². The van der Waals surface area contributed by atoms with Crippen LogP contribution in [0.25, 0.3) is 11.0 Å². The molecule has 0 aliphatic heterocycles. The van der Waals surface area contributed by atoms with Gasteiger partial charge in [-0.3, -0.25) is 9.36 Å². The van der Waals surface area contributed by atoms with E-state index < -0.39 is 5.56 Å². The molecule has 0 aliphatic carbocycles. The summed E-state index contributed by atoms with van der Waals surface area (Å²) in [6, 6.07) is 6.84. The van der Waals surface area contributed by atoms with Crippen LogP contribution in [0.4, 0.5) is 11.4 Å². The summed E-state index contributed by atoms with van der Waals surface area (Å²) in [5.41, 5.74) is 1.03. The van der Waals surface area contributed by atoms with Crippen molar-refractivity contribution in [2.24, 2.45) is 16.1 Å². The molecule has 0 spiro atoms. The molecule has 3 N–H and O–H groups in total. The average Bonchev–Trinajstić information content (AvgIpc) is 2.98. The first-order valence-electron chi connectivity index (χ1n) is 8.32. The Kier molecular flexibility index (Phi) is 4.64. The molecule has 0 radical (unpaired) electrons. The molecule has 2 aromatic heterocycles. The number of H-pyrrole nitrogens is 2. The van der Waals surface area contributed by atoms with Gasteiger partial charge < -0.3 is 15.1 Å². The van der Waals surface area contributed by atoms with E-state index in [2.05, 4.69) is 20.2 Å². The monoisotopic (exact) mass is 366 g/mol. The molecule has 9 nitrogen and oxygen atoms in total. The van der Waals surface area contributed by atoms with Gasteiger partial charge in [0.25, 0.3) is 5.56 Å². The number of aromatic hydroxyl groups is 1. The molecule has 0 amide bonds. The van der Waals surface area contributed by atoms with Crippen LogP contribution in [0.1, 0.15) is 25.0 Å². The van der Waals surface area contributed by atoms with Crippen LogP contribution in [0.2, 0.25) is 0 Å². The second-order valence-electron chi connectivity index (χ2n) is 6.60. The van der Waals surface area contributed by atoms with Gasteiger partial charge in [0.1, 0.15) is 11.6 Å². The van der Waals surface area contributed by atoms with Gasteiger partial charge in [-0.1, -0.05) is 13.8 Å². The maximum Gasteiger partial charge on any atom is 0.323 e. The fraction of sp³-hybridized carbons (Fsp3) is 0.278. The zero-order valence-electron chi connectivity index (χ0n) is 15.1. The lowest BCUT2D eigenvalue weighted by Crippen LogP contribution is -2.24. The first kappa shape index (κ1) is 18.1. The van der Waals surface area contributed by atoms with Crippen molar-refractivity contribution >= 4 is 22.4 Å². The van der Waals surface area contributed by atoms with E-state index in [1.54, 1.807) is 25.1 Å². The van der Waals surface area contributed by atoms with E-state index >= 15 is 0 Å². The fourth-order valence-corrected chi connectivity index (χ4v) is 2.78. The van der Waals surface area contributed by atoms with Crippen LogP contribution in [-0.2, 0) is 6.54 Å². The van der Waals surface area contributed by atoms with Crippen LogP contribution in [-0.4, -0.2) is 19.6 Å². The topological polar surface area (TPSA) is 139 Å². The molecule has 138 valence electrons. The van der Waals surface area contributed by atoms with Crippen molar-refractivity contribution in [3.05, 3.63) is 50.2 Å². The summed E-state index contributed by atoms with van der Waals surface area (Å²) in [4.78, 5) is 29.3. The molecule has 27 heavy (non-hydrogen) atoms. The molecule has 1 aromatic carbocycles. The maximum absolute atomic E-state index is 12.7. The number of pyridine rings is 1. The van der Waals surface area contributed by atoms with Crippen molar-refractivity contribution in [2.45, 2.75) is 27.3 Å². The summed E-state index contributed by atoms with van der Waals surface area (Å²) < 4.78 is 1.14. The van der Waals surface area contributed by atoms with Gasteiger partial charge in [-0.2, -0.15) is 10.4 Å². The van der Waals surface area contributed by atoms with E-state index in [9.17, 15) is 20.0 Å². The van der Waals surface area contributed by atoms with E-state index in [1.807, 2.05) is 19.9 Å². The Bertz CT molecular complexity index is 1210. The Morgan fingerprint density at radius 2 is 1.93 bits per heavy atom. The molecule has 3 rings (SSSR count). The number of nitrogens with zero attached hydrogens (tertiary/aromatic N) is 4. The van der Waals surface area contributed by atoms with E-state index in [-0.39, 0.29) is 40.8 Å². The van der Waals surface area contributed by atoms with Crippen molar-refractivity contribution in [3.63, 3.8) is 0 Å². The molecular formula is C18H18N6O3. The largest absolute Gasteiger partial charge is 0.493 e. The average molecular weight is 366 g/mol. The SMILES string of the molecule is Cc1c(C#N)c(O)n(CC(C)C)c(=O)c1N=Nc1ccc2[nH]c(=O)[nH]c2c1. The fourth-order valence-electron chi connectivity index (χ4n) is 2.78. The molecule has 0 atom stereocenters. The number of hydrogen-bond acceptors (Lipinski definition) is 6. The van der Waals surface area contributed by atoms with Crippen molar-refractivity contribution in [2.75, 3.05) is 0 Å². The van der Waals surface area contributed by atoms with Gasteiger partial charge in [0.15, 0.2) is 5.69 Å². The molecule has 0 bridgehead atoms. The maximum atomic E-state index is 12.7. The number of aromatic nitrogens is 3. The predicted molar refractivity (Wildman–Crippen MR) is 99.8 cm³/mol. The highest BCUT2D eigenvalue weighted by Gasteiger charge is 2.19. The smallest absolute Gasteiger partial charge is 0.323 e. The van der Waals surface area contributed by atoms with Gasteiger partial charge in [0, 0.05) is 12.1 Å². The minimum absolute atomic E-state index is 0.00498. The first-order chi connectivity index (χ1) is 12.8. The number of aromatic amines is 2. The lowest BCUT2D eigenvalue weighted by Gasteiger charge is -2.14. The van der Waals surface area contributed by atoms with Crippen LogP contribution >= 0.6 is 0 Å². The van der Waals surface area contributed by atoms with Gasteiger partial charge in [-0.25, -0.2) is 4.79 Å². The lowest BCUT2D eigenvalue weighted by molar-refractivity contribution is 0.381. The minimum Gasteiger partial charge on any atom is -0.493 e. The molecule has 0 unspecified atom stereocenters. The Morgan fingerprint density at radius 1 is 1.22 bits per heavy atom. The number of nitrogens with one attached hydrogen (secondary N) is 2. The second kappa shape index (κ2) is 6.92. The molecule has 0 fully saturated rings. The number of hydrogen-bond donors (Lipinski definition) is 3. The van der Waals surface area contributed by atoms with Crippen LogP contribution < -0.4 is 11.2 Å². The second-order valence-corrected chi connectivity index (χ2v) is 6.60. The minimum atomic E-state index is -0.516. The molecule has 0 aliphatic rings. The summed E-state index contributed by atoms with van der Waals surface area (Å²) in [7, 11) is 0. The van der Waals surface area contributed by atoms with Crippen LogP contribution in [0.15, 0.2) is 38.0 Å². The molecule has 9 heteroatoms. The van der Waals surface area contributed by atoms with Crippen molar-refractivity contribution in [1.82, 2.24) is 14.5 Å². The number of nitriles is 1. The van der Waals surface area contributed by atoms with Crippen molar-refractivity contribution in [3.8, 4) is 11.9 Å². The molecule has 2 heterocycles. The Balaban J connectivity index is 2.12. The molecular weight excluding hydrogens is 348 g/mol. The third-order valence-electron chi connectivity index (χ3n) is 4.08. The summed E-state index contributed by atoms with van der Waals surface area (Å²) in [6.45, 7) is 5.58. The number of azo groups is 1. The normalized spacial score (nSPS) is 11.5. The van der Waals surface area contributed by atoms with E-state index in [0.29, 0.717) is 16.7 Å².